The fraction of sp³-hybridized carbons (Fsp3) is 0.231. The van der Waals surface area contributed by atoms with E-state index in [9.17, 15) is 4.79 Å². The van der Waals surface area contributed by atoms with Gasteiger partial charge in [0.2, 0.25) is 0 Å². The van der Waals surface area contributed by atoms with Gasteiger partial charge in [0.1, 0.15) is 10.8 Å². The van der Waals surface area contributed by atoms with Gasteiger partial charge in [0, 0.05) is 18.0 Å². The van der Waals surface area contributed by atoms with Crippen molar-refractivity contribution in [2.24, 2.45) is 0 Å². The summed E-state index contributed by atoms with van der Waals surface area (Å²) in [7, 11) is 1.58. The van der Waals surface area contributed by atoms with Crippen LogP contribution in [0.25, 0.3) is 10.6 Å². The Balaban J connectivity index is 2.03. The van der Waals surface area contributed by atoms with E-state index in [1.807, 2.05) is 29.6 Å². The predicted molar refractivity (Wildman–Crippen MR) is 76.7 cm³/mol. The van der Waals surface area contributed by atoms with Gasteiger partial charge in [0.25, 0.3) is 5.91 Å². The molecule has 4 nitrogen and oxygen atoms in total. The Morgan fingerprint density at radius 1 is 1.42 bits per heavy atom. The predicted octanol–water partition coefficient (Wildman–Crippen LogP) is 2.67. The average molecular weight is 297 g/mol. The number of carbonyl (C=O) groups excluding carboxylic acids is 1. The molecule has 2 aromatic rings. The number of benzene rings is 1. The molecule has 0 radical (unpaired) electrons. The minimum atomic E-state index is -0.157. The maximum absolute atomic E-state index is 11.1. The van der Waals surface area contributed by atoms with Gasteiger partial charge in [-0.2, -0.15) is 0 Å². The monoisotopic (exact) mass is 296 g/mol. The molecule has 1 aromatic heterocycles. The molecular weight excluding hydrogens is 284 g/mol. The van der Waals surface area contributed by atoms with Gasteiger partial charge in [-0.05, 0) is 24.3 Å². The highest BCUT2D eigenvalue weighted by Crippen LogP contribution is 2.26. The molecule has 1 amide bonds. The third-order valence-electron chi connectivity index (χ3n) is 2.44. The summed E-state index contributed by atoms with van der Waals surface area (Å²) in [6.45, 7) is 0.0174. The number of hydrogen-bond donors (Lipinski definition) is 1. The Labute approximate surface area is 120 Å². The second kappa shape index (κ2) is 6.54. The average Bonchev–Trinajstić information content (AvgIpc) is 2.94. The van der Waals surface area contributed by atoms with Crippen molar-refractivity contribution in [3.63, 3.8) is 0 Å². The summed E-state index contributed by atoms with van der Waals surface area (Å²) in [4.78, 5) is 15.5. The van der Waals surface area contributed by atoms with E-state index in [-0.39, 0.29) is 12.5 Å². The van der Waals surface area contributed by atoms with Crippen LogP contribution in [-0.4, -0.2) is 24.5 Å². The van der Waals surface area contributed by atoms with Crippen LogP contribution in [-0.2, 0) is 10.7 Å². The van der Waals surface area contributed by atoms with E-state index in [4.69, 9.17) is 16.3 Å². The maximum atomic E-state index is 11.1. The molecule has 0 saturated heterocycles. The smallest absolute Gasteiger partial charge is 0.257 e. The van der Waals surface area contributed by atoms with E-state index >= 15 is 0 Å². The van der Waals surface area contributed by atoms with E-state index in [2.05, 4.69) is 10.3 Å². The fourth-order valence-corrected chi connectivity index (χ4v) is 2.47. The van der Waals surface area contributed by atoms with E-state index in [1.54, 1.807) is 18.4 Å². The first-order chi connectivity index (χ1) is 9.22. The molecule has 100 valence electrons. The molecule has 0 unspecified atom stereocenters. The van der Waals surface area contributed by atoms with Gasteiger partial charge in [-0.1, -0.05) is 0 Å². The lowest BCUT2D eigenvalue weighted by Crippen LogP contribution is -2.24. The van der Waals surface area contributed by atoms with Gasteiger partial charge in [0.15, 0.2) is 6.61 Å². The van der Waals surface area contributed by atoms with Crippen molar-refractivity contribution in [3.05, 3.63) is 35.3 Å². The lowest BCUT2D eigenvalue weighted by molar-refractivity contribution is -0.122. The van der Waals surface area contributed by atoms with E-state index in [1.165, 1.54) is 0 Å². The molecule has 1 N–H and O–H groups in total. The molecule has 0 atom stereocenters. The minimum absolute atomic E-state index is 0.0174. The summed E-state index contributed by atoms with van der Waals surface area (Å²) in [5.41, 5.74) is 1.88. The van der Waals surface area contributed by atoms with Crippen LogP contribution in [0.5, 0.6) is 5.75 Å². The van der Waals surface area contributed by atoms with Gasteiger partial charge in [-0.15, -0.1) is 22.9 Å². The van der Waals surface area contributed by atoms with Crippen LogP contribution in [0.1, 0.15) is 5.69 Å². The second-order valence-electron chi connectivity index (χ2n) is 3.76. The Hall–Kier alpha value is -1.59. The molecule has 6 heteroatoms. The van der Waals surface area contributed by atoms with Crippen LogP contribution < -0.4 is 10.1 Å². The number of alkyl halides is 1. The molecule has 0 bridgehead atoms. The number of ether oxygens (including phenoxy) is 1. The van der Waals surface area contributed by atoms with E-state index in [0.29, 0.717) is 11.6 Å². The molecule has 1 aromatic carbocycles. The second-order valence-corrected chi connectivity index (χ2v) is 4.89. The molecule has 0 saturated carbocycles. The number of nitrogens with one attached hydrogen (secondary N) is 1. The Kier molecular flexibility index (Phi) is 4.76. The van der Waals surface area contributed by atoms with Gasteiger partial charge in [0.05, 0.1) is 11.6 Å². The normalized spacial score (nSPS) is 10.2. The van der Waals surface area contributed by atoms with Gasteiger partial charge >= 0.3 is 0 Å². The molecule has 0 aliphatic carbocycles. The van der Waals surface area contributed by atoms with Crippen molar-refractivity contribution < 1.29 is 9.53 Å². The van der Waals surface area contributed by atoms with Crippen molar-refractivity contribution in [1.82, 2.24) is 10.3 Å². The van der Waals surface area contributed by atoms with Crippen LogP contribution >= 0.6 is 22.9 Å². The lowest BCUT2D eigenvalue weighted by atomic mass is 10.2. The zero-order valence-corrected chi connectivity index (χ0v) is 11.9. The highest BCUT2D eigenvalue weighted by atomic mass is 35.5. The SMILES string of the molecule is CNC(=O)COc1ccc(-c2nc(CCl)cs2)cc1. The Morgan fingerprint density at radius 3 is 2.74 bits per heavy atom. The quantitative estimate of drug-likeness (QED) is 0.863. The van der Waals surface area contributed by atoms with Crippen molar-refractivity contribution in [2.75, 3.05) is 13.7 Å². The van der Waals surface area contributed by atoms with E-state index in [0.717, 1.165) is 16.3 Å². The van der Waals surface area contributed by atoms with Crippen molar-refractivity contribution in [3.8, 4) is 16.3 Å². The first-order valence-corrected chi connectivity index (χ1v) is 7.08. The summed E-state index contributed by atoms with van der Waals surface area (Å²) in [6.07, 6.45) is 0. The lowest BCUT2D eigenvalue weighted by Gasteiger charge is -2.05. The highest BCUT2D eigenvalue weighted by Gasteiger charge is 2.05. The fourth-order valence-electron chi connectivity index (χ4n) is 1.42. The summed E-state index contributed by atoms with van der Waals surface area (Å²) in [5.74, 6) is 0.918. The molecule has 1 heterocycles. The first kappa shape index (κ1) is 13.8. The third-order valence-corrected chi connectivity index (χ3v) is 3.65. The van der Waals surface area contributed by atoms with Crippen molar-refractivity contribution in [1.29, 1.82) is 0 Å². The number of amides is 1. The number of halogens is 1. The molecule has 2 rings (SSSR count). The van der Waals surface area contributed by atoms with Crippen LogP contribution in [0.4, 0.5) is 0 Å². The summed E-state index contributed by atoms with van der Waals surface area (Å²) < 4.78 is 5.33. The summed E-state index contributed by atoms with van der Waals surface area (Å²) >= 11 is 7.28. The molecule has 0 aliphatic rings. The van der Waals surface area contributed by atoms with Crippen LogP contribution in [0.15, 0.2) is 29.6 Å². The molecule has 19 heavy (non-hydrogen) atoms. The van der Waals surface area contributed by atoms with E-state index < -0.39 is 0 Å². The minimum Gasteiger partial charge on any atom is -0.484 e. The molecule has 0 aliphatic heterocycles. The van der Waals surface area contributed by atoms with Gasteiger partial charge < -0.3 is 10.1 Å². The van der Waals surface area contributed by atoms with Gasteiger partial charge in [-0.3, -0.25) is 4.79 Å². The molecule has 0 fully saturated rings. The standard InChI is InChI=1S/C13H13ClN2O2S/c1-15-12(17)7-18-11-4-2-9(3-5-11)13-16-10(6-14)8-19-13/h2-5,8H,6-7H2,1H3,(H,15,17). The summed E-state index contributed by atoms with van der Waals surface area (Å²) in [6, 6.07) is 7.46. The Morgan fingerprint density at radius 2 is 2.16 bits per heavy atom. The number of aromatic nitrogens is 1. The number of hydrogen-bond acceptors (Lipinski definition) is 4. The first-order valence-electron chi connectivity index (χ1n) is 5.67. The highest BCUT2D eigenvalue weighted by molar-refractivity contribution is 7.13. The zero-order valence-electron chi connectivity index (χ0n) is 10.4. The van der Waals surface area contributed by atoms with Crippen molar-refractivity contribution >= 4 is 28.8 Å². The number of nitrogens with zero attached hydrogens (tertiary/aromatic N) is 1. The van der Waals surface area contributed by atoms with Crippen LogP contribution in [0.2, 0.25) is 0 Å². The number of likely N-dealkylation sites (N-methyl/N-ethyl adjacent to an activating group) is 1. The molecular formula is C13H13ClN2O2S. The number of rotatable bonds is 5. The zero-order chi connectivity index (χ0) is 13.7. The van der Waals surface area contributed by atoms with Crippen LogP contribution in [0, 0.1) is 0 Å². The van der Waals surface area contributed by atoms with Crippen LogP contribution in [0.3, 0.4) is 0 Å². The maximum Gasteiger partial charge on any atom is 0.257 e. The van der Waals surface area contributed by atoms with Gasteiger partial charge in [-0.25, -0.2) is 4.98 Å². The topological polar surface area (TPSA) is 51.2 Å². The molecule has 0 spiro atoms. The largest absolute Gasteiger partial charge is 0.484 e. The third kappa shape index (κ3) is 3.68. The number of carbonyl (C=O) groups is 1. The Bertz CT molecular complexity index is 554. The summed E-state index contributed by atoms with van der Waals surface area (Å²) in [5, 5.41) is 5.36. The van der Waals surface area contributed by atoms with Crippen molar-refractivity contribution in [2.45, 2.75) is 5.88 Å². The number of thiazole rings is 1.